The summed E-state index contributed by atoms with van der Waals surface area (Å²) in [5, 5.41) is 4.38. The Balaban J connectivity index is 2.73. The molecule has 18 heavy (non-hydrogen) atoms. The van der Waals surface area contributed by atoms with Crippen LogP contribution in [0.1, 0.15) is 45.1 Å². The summed E-state index contributed by atoms with van der Waals surface area (Å²) in [5.41, 5.74) is 1.26. The van der Waals surface area contributed by atoms with Crippen molar-refractivity contribution in [3.05, 3.63) is 34.9 Å². The topological polar surface area (TPSA) is 12.0 Å². The third-order valence-electron chi connectivity index (χ3n) is 3.66. The minimum absolute atomic E-state index is 0.532. The van der Waals surface area contributed by atoms with Crippen molar-refractivity contribution in [3.63, 3.8) is 0 Å². The van der Waals surface area contributed by atoms with Gasteiger partial charge in [0.15, 0.2) is 0 Å². The highest BCUT2D eigenvalue weighted by atomic mass is 35.5. The molecule has 0 aliphatic rings. The van der Waals surface area contributed by atoms with Gasteiger partial charge in [0.25, 0.3) is 0 Å². The maximum absolute atomic E-state index is 6.26. The third-order valence-corrected chi connectivity index (χ3v) is 4.03. The van der Waals surface area contributed by atoms with Crippen LogP contribution in [-0.2, 0) is 6.42 Å². The van der Waals surface area contributed by atoms with E-state index in [1.54, 1.807) is 0 Å². The maximum Gasteiger partial charge on any atom is 0.0438 e. The lowest BCUT2D eigenvalue weighted by Gasteiger charge is -2.27. The van der Waals surface area contributed by atoms with Gasteiger partial charge in [-0.3, -0.25) is 0 Å². The predicted octanol–water partition coefficient (Wildman–Crippen LogP) is 4.69. The molecular formula is C16H26ClN. The van der Waals surface area contributed by atoms with Crippen LogP contribution in [-0.4, -0.2) is 13.1 Å². The summed E-state index contributed by atoms with van der Waals surface area (Å²) in [6.45, 7) is 4.54. The highest BCUT2D eigenvalue weighted by Gasteiger charge is 2.19. The number of rotatable bonds is 8. The molecule has 1 aromatic rings. The van der Waals surface area contributed by atoms with Crippen LogP contribution in [0.2, 0.25) is 5.02 Å². The Morgan fingerprint density at radius 2 is 1.72 bits per heavy atom. The quantitative estimate of drug-likeness (QED) is 0.721. The first kappa shape index (κ1) is 15.5. The van der Waals surface area contributed by atoms with Crippen molar-refractivity contribution in [1.29, 1.82) is 0 Å². The van der Waals surface area contributed by atoms with E-state index in [0.717, 1.165) is 17.4 Å². The van der Waals surface area contributed by atoms with Gasteiger partial charge in [-0.1, -0.05) is 56.5 Å². The van der Waals surface area contributed by atoms with Gasteiger partial charge in [-0.2, -0.15) is 0 Å². The lowest BCUT2D eigenvalue weighted by atomic mass is 9.87. The number of nitrogens with one attached hydrogen (secondary N) is 1. The molecule has 1 N–H and O–H groups in total. The highest BCUT2D eigenvalue weighted by molar-refractivity contribution is 6.31. The van der Waals surface area contributed by atoms with Gasteiger partial charge >= 0.3 is 0 Å². The van der Waals surface area contributed by atoms with E-state index in [9.17, 15) is 0 Å². The van der Waals surface area contributed by atoms with E-state index in [1.165, 1.54) is 31.2 Å². The summed E-state index contributed by atoms with van der Waals surface area (Å²) >= 11 is 6.26. The van der Waals surface area contributed by atoms with E-state index in [0.29, 0.717) is 6.04 Å². The fraction of sp³-hybridized carbons (Fsp3) is 0.625. The summed E-state index contributed by atoms with van der Waals surface area (Å²) in [5.74, 6) is 0.751. The van der Waals surface area contributed by atoms with Crippen molar-refractivity contribution in [3.8, 4) is 0 Å². The molecule has 102 valence electrons. The molecule has 0 aromatic heterocycles. The molecule has 0 heterocycles. The van der Waals surface area contributed by atoms with Crippen molar-refractivity contribution in [2.45, 2.75) is 52.0 Å². The molecule has 1 nitrogen and oxygen atoms in total. The number of benzene rings is 1. The lowest BCUT2D eigenvalue weighted by molar-refractivity contribution is 0.323. The summed E-state index contributed by atoms with van der Waals surface area (Å²) < 4.78 is 0. The van der Waals surface area contributed by atoms with Crippen LogP contribution in [0.4, 0.5) is 0 Å². The molecule has 1 rings (SSSR count). The standard InChI is InChI=1S/C16H26ClN/c1-4-8-13(9-5-2)16(18-3)12-14-10-6-7-11-15(14)17/h6-7,10-11,13,16,18H,4-5,8-9,12H2,1-3H3. The fourth-order valence-corrected chi connectivity index (χ4v) is 2.91. The van der Waals surface area contributed by atoms with Crippen LogP contribution in [0.25, 0.3) is 0 Å². The molecule has 1 atom stereocenters. The van der Waals surface area contributed by atoms with Gasteiger partial charge in [-0.25, -0.2) is 0 Å². The SMILES string of the molecule is CCCC(CCC)C(Cc1ccccc1Cl)NC. The van der Waals surface area contributed by atoms with Crippen LogP contribution in [0.5, 0.6) is 0 Å². The molecule has 0 saturated heterocycles. The van der Waals surface area contributed by atoms with Crippen molar-refractivity contribution in [1.82, 2.24) is 5.32 Å². The van der Waals surface area contributed by atoms with Crippen LogP contribution in [0.3, 0.4) is 0 Å². The Morgan fingerprint density at radius 1 is 1.11 bits per heavy atom. The Bertz CT molecular complexity index is 332. The second kappa shape index (κ2) is 8.55. The molecule has 0 radical (unpaired) electrons. The predicted molar refractivity (Wildman–Crippen MR) is 81.3 cm³/mol. The van der Waals surface area contributed by atoms with E-state index in [4.69, 9.17) is 11.6 Å². The average molecular weight is 268 g/mol. The molecule has 0 fully saturated rings. The average Bonchev–Trinajstić information content (AvgIpc) is 2.38. The normalized spacial score (nSPS) is 12.9. The summed E-state index contributed by atoms with van der Waals surface area (Å²) in [7, 11) is 2.07. The molecule has 1 aromatic carbocycles. The van der Waals surface area contributed by atoms with Gasteiger partial charge in [0, 0.05) is 11.1 Å². The number of hydrogen-bond acceptors (Lipinski definition) is 1. The van der Waals surface area contributed by atoms with Gasteiger partial charge in [-0.15, -0.1) is 0 Å². The van der Waals surface area contributed by atoms with E-state index in [-0.39, 0.29) is 0 Å². The van der Waals surface area contributed by atoms with Gasteiger partial charge in [0.2, 0.25) is 0 Å². The van der Waals surface area contributed by atoms with Crippen molar-refractivity contribution < 1.29 is 0 Å². The molecule has 0 spiro atoms. The lowest BCUT2D eigenvalue weighted by Crippen LogP contribution is -2.35. The Hall–Kier alpha value is -0.530. The zero-order valence-corrected chi connectivity index (χ0v) is 12.6. The van der Waals surface area contributed by atoms with Gasteiger partial charge in [0.05, 0.1) is 0 Å². The Labute approximate surface area is 117 Å². The van der Waals surface area contributed by atoms with E-state index in [1.807, 2.05) is 12.1 Å². The molecular weight excluding hydrogens is 242 g/mol. The van der Waals surface area contributed by atoms with Crippen molar-refractivity contribution in [2.75, 3.05) is 7.05 Å². The first-order chi connectivity index (χ1) is 8.72. The molecule has 0 bridgehead atoms. The summed E-state index contributed by atoms with van der Waals surface area (Å²) in [6.07, 6.45) is 6.13. The molecule has 2 heteroatoms. The monoisotopic (exact) mass is 267 g/mol. The zero-order chi connectivity index (χ0) is 13.4. The molecule has 0 amide bonds. The molecule has 0 saturated carbocycles. The minimum Gasteiger partial charge on any atom is -0.316 e. The number of halogens is 1. The third kappa shape index (κ3) is 4.62. The molecule has 0 aliphatic carbocycles. The minimum atomic E-state index is 0.532. The summed E-state index contributed by atoms with van der Waals surface area (Å²) in [4.78, 5) is 0. The fourth-order valence-electron chi connectivity index (χ4n) is 2.69. The van der Waals surface area contributed by atoms with Gasteiger partial charge < -0.3 is 5.32 Å². The molecule has 0 aliphatic heterocycles. The second-order valence-electron chi connectivity index (χ2n) is 5.03. The van der Waals surface area contributed by atoms with Crippen molar-refractivity contribution >= 4 is 11.6 Å². The Kier molecular flexibility index (Phi) is 7.38. The van der Waals surface area contributed by atoms with E-state index in [2.05, 4.69) is 38.3 Å². The first-order valence-electron chi connectivity index (χ1n) is 7.13. The largest absolute Gasteiger partial charge is 0.316 e. The van der Waals surface area contributed by atoms with E-state index < -0.39 is 0 Å². The van der Waals surface area contributed by atoms with Crippen LogP contribution >= 0.6 is 11.6 Å². The smallest absolute Gasteiger partial charge is 0.0438 e. The van der Waals surface area contributed by atoms with Crippen LogP contribution in [0.15, 0.2) is 24.3 Å². The van der Waals surface area contributed by atoms with Crippen LogP contribution in [0, 0.1) is 5.92 Å². The van der Waals surface area contributed by atoms with E-state index >= 15 is 0 Å². The number of likely N-dealkylation sites (N-methyl/N-ethyl adjacent to an activating group) is 1. The van der Waals surface area contributed by atoms with Crippen molar-refractivity contribution in [2.24, 2.45) is 5.92 Å². The maximum atomic E-state index is 6.26. The first-order valence-corrected chi connectivity index (χ1v) is 7.51. The highest BCUT2D eigenvalue weighted by Crippen LogP contribution is 2.24. The van der Waals surface area contributed by atoms with Gasteiger partial charge in [0.1, 0.15) is 0 Å². The number of hydrogen-bond donors (Lipinski definition) is 1. The van der Waals surface area contributed by atoms with Gasteiger partial charge in [-0.05, 0) is 43.9 Å². The summed E-state index contributed by atoms with van der Waals surface area (Å²) in [6, 6.07) is 8.72. The zero-order valence-electron chi connectivity index (χ0n) is 11.9. The Morgan fingerprint density at radius 3 is 2.22 bits per heavy atom. The second-order valence-corrected chi connectivity index (χ2v) is 5.44. The van der Waals surface area contributed by atoms with Crippen LogP contribution < -0.4 is 5.32 Å². The molecule has 1 unspecified atom stereocenters.